The number of aromatic nitrogens is 1. The summed E-state index contributed by atoms with van der Waals surface area (Å²) in [6.07, 6.45) is 8.53. The normalized spacial score (nSPS) is 14.8. The van der Waals surface area contributed by atoms with Gasteiger partial charge in [-0.1, -0.05) is 25.7 Å². The Kier molecular flexibility index (Phi) is 7.00. The van der Waals surface area contributed by atoms with Crippen molar-refractivity contribution >= 4 is 23.3 Å². The Labute approximate surface area is 165 Å². The van der Waals surface area contributed by atoms with E-state index in [4.69, 9.17) is 4.74 Å². The van der Waals surface area contributed by atoms with Crippen LogP contribution in [0.3, 0.4) is 0 Å². The fourth-order valence-corrected chi connectivity index (χ4v) is 3.39. The van der Waals surface area contributed by atoms with Crippen LogP contribution in [0.1, 0.15) is 66.3 Å². The van der Waals surface area contributed by atoms with Gasteiger partial charge in [0, 0.05) is 23.6 Å². The van der Waals surface area contributed by atoms with Crippen molar-refractivity contribution < 1.29 is 14.3 Å². The van der Waals surface area contributed by atoms with Crippen LogP contribution in [-0.4, -0.2) is 29.5 Å². The van der Waals surface area contributed by atoms with Crippen molar-refractivity contribution in [3.8, 4) is 0 Å². The van der Waals surface area contributed by atoms with Gasteiger partial charge in [-0.2, -0.15) is 0 Å². The van der Waals surface area contributed by atoms with Gasteiger partial charge in [-0.3, -0.25) is 9.78 Å². The van der Waals surface area contributed by atoms with Gasteiger partial charge in [0.15, 0.2) is 0 Å². The van der Waals surface area contributed by atoms with Crippen molar-refractivity contribution in [2.45, 2.75) is 51.5 Å². The number of pyridine rings is 1. The maximum atomic E-state index is 12.6. The topological polar surface area (TPSA) is 80.3 Å². The first-order valence-electron chi connectivity index (χ1n) is 9.97. The van der Waals surface area contributed by atoms with E-state index in [1.54, 1.807) is 43.5 Å². The highest BCUT2D eigenvalue weighted by atomic mass is 16.5. The summed E-state index contributed by atoms with van der Waals surface area (Å²) in [5.74, 6) is -0.469. The maximum Gasteiger partial charge on any atom is 0.338 e. The molecule has 1 fully saturated rings. The lowest BCUT2D eigenvalue weighted by molar-refractivity contribution is 0.0526. The average molecular weight is 381 g/mol. The largest absolute Gasteiger partial charge is 0.462 e. The summed E-state index contributed by atoms with van der Waals surface area (Å²) in [5, 5.41) is 6.36. The van der Waals surface area contributed by atoms with Crippen LogP contribution in [0.5, 0.6) is 0 Å². The summed E-state index contributed by atoms with van der Waals surface area (Å²) >= 11 is 0. The molecule has 1 aliphatic carbocycles. The fourth-order valence-electron chi connectivity index (χ4n) is 3.39. The number of hydrogen-bond acceptors (Lipinski definition) is 5. The molecule has 0 bridgehead atoms. The zero-order valence-electron chi connectivity index (χ0n) is 16.2. The SMILES string of the molecule is CCOC(=O)c1ccc(Nc2ccnc(C(=O)NC3CCCCCC3)c2)cc1. The Morgan fingerprint density at radius 2 is 1.75 bits per heavy atom. The molecule has 3 rings (SSSR count). The van der Waals surface area contributed by atoms with Gasteiger partial charge in [0.05, 0.1) is 12.2 Å². The number of carbonyl (C=O) groups is 2. The molecule has 1 aromatic heterocycles. The summed E-state index contributed by atoms with van der Waals surface area (Å²) in [6.45, 7) is 2.13. The molecule has 0 saturated heterocycles. The van der Waals surface area contributed by atoms with Crippen LogP contribution in [0.15, 0.2) is 42.6 Å². The molecule has 148 valence electrons. The van der Waals surface area contributed by atoms with Gasteiger partial charge >= 0.3 is 5.97 Å². The molecule has 28 heavy (non-hydrogen) atoms. The molecular weight excluding hydrogens is 354 g/mol. The number of esters is 1. The Hall–Kier alpha value is -2.89. The van der Waals surface area contributed by atoms with Crippen LogP contribution in [0.4, 0.5) is 11.4 Å². The quantitative estimate of drug-likeness (QED) is 0.571. The Bertz CT molecular complexity index is 797. The molecule has 1 aliphatic rings. The number of anilines is 2. The van der Waals surface area contributed by atoms with Crippen molar-refractivity contribution in [3.63, 3.8) is 0 Å². The summed E-state index contributed by atoms with van der Waals surface area (Å²) in [6, 6.07) is 10.8. The zero-order chi connectivity index (χ0) is 19.8. The molecule has 6 heteroatoms. The van der Waals surface area contributed by atoms with E-state index in [9.17, 15) is 9.59 Å². The minimum Gasteiger partial charge on any atom is -0.462 e. The van der Waals surface area contributed by atoms with Crippen LogP contribution in [-0.2, 0) is 4.74 Å². The van der Waals surface area contributed by atoms with Gasteiger partial charge in [0.2, 0.25) is 0 Å². The molecule has 0 aliphatic heterocycles. The molecule has 0 radical (unpaired) electrons. The predicted octanol–water partition coefficient (Wildman–Crippen LogP) is 4.45. The van der Waals surface area contributed by atoms with Crippen molar-refractivity contribution in [1.82, 2.24) is 10.3 Å². The lowest BCUT2D eigenvalue weighted by Crippen LogP contribution is -2.34. The first kappa shape index (κ1) is 19.9. The lowest BCUT2D eigenvalue weighted by atomic mass is 10.1. The van der Waals surface area contributed by atoms with Gasteiger partial charge in [-0.15, -0.1) is 0 Å². The number of nitrogens with zero attached hydrogens (tertiary/aromatic N) is 1. The van der Waals surface area contributed by atoms with E-state index in [-0.39, 0.29) is 17.9 Å². The van der Waals surface area contributed by atoms with E-state index in [0.29, 0.717) is 17.9 Å². The van der Waals surface area contributed by atoms with Crippen molar-refractivity contribution in [2.75, 3.05) is 11.9 Å². The first-order chi connectivity index (χ1) is 13.7. The fraction of sp³-hybridized carbons (Fsp3) is 0.409. The Balaban J connectivity index is 1.62. The second-order valence-corrected chi connectivity index (χ2v) is 7.01. The van der Waals surface area contributed by atoms with Gasteiger partial charge in [-0.25, -0.2) is 4.79 Å². The number of amides is 1. The van der Waals surface area contributed by atoms with Crippen LogP contribution in [0, 0.1) is 0 Å². The Morgan fingerprint density at radius 3 is 2.43 bits per heavy atom. The zero-order valence-corrected chi connectivity index (χ0v) is 16.2. The van der Waals surface area contributed by atoms with E-state index >= 15 is 0 Å². The van der Waals surface area contributed by atoms with E-state index in [2.05, 4.69) is 15.6 Å². The lowest BCUT2D eigenvalue weighted by Gasteiger charge is -2.16. The van der Waals surface area contributed by atoms with Crippen LogP contribution in [0.25, 0.3) is 0 Å². The number of ether oxygens (including phenoxy) is 1. The summed E-state index contributed by atoms with van der Waals surface area (Å²) in [4.78, 5) is 28.5. The molecular formula is C22H27N3O3. The number of benzene rings is 1. The van der Waals surface area contributed by atoms with E-state index in [1.165, 1.54) is 25.7 Å². The highest BCUT2D eigenvalue weighted by Crippen LogP contribution is 2.20. The number of nitrogens with one attached hydrogen (secondary N) is 2. The molecule has 1 saturated carbocycles. The van der Waals surface area contributed by atoms with Gasteiger partial charge in [0.1, 0.15) is 5.69 Å². The smallest absolute Gasteiger partial charge is 0.338 e. The van der Waals surface area contributed by atoms with Crippen LogP contribution < -0.4 is 10.6 Å². The highest BCUT2D eigenvalue weighted by Gasteiger charge is 2.16. The van der Waals surface area contributed by atoms with Gasteiger partial charge < -0.3 is 15.4 Å². The highest BCUT2D eigenvalue weighted by molar-refractivity contribution is 5.93. The molecule has 6 nitrogen and oxygen atoms in total. The van der Waals surface area contributed by atoms with E-state index < -0.39 is 0 Å². The molecule has 0 atom stereocenters. The van der Waals surface area contributed by atoms with Crippen molar-refractivity contribution in [1.29, 1.82) is 0 Å². The standard InChI is InChI=1S/C22H27N3O3/c1-2-28-22(27)16-9-11-18(12-10-16)24-19-13-14-23-20(15-19)21(26)25-17-7-5-3-4-6-8-17/h9-15,17H,2-8H2,1H3,(H,23,24)(H,25,26). The second kappa shape index (κ2) is 9.88. The minimum atomic E-state index is -0.338. The maximum absolute atomic E-state index is 12.6. The molecule has 0 unspecified atom stereocenters. The minimum absolute atomic E-state index is 0.131. The third-order valence-corrected chi connectivity index (χ3v) is 4.87. The molecule has 2 N–H and O–H groups in total. The number of carbonyl (C=O) groups excluding carboxylic acids is 2. The molecule has 1 heterocycles. The van der Waals surface area contributed by atoms with Crippen LogP contribution >= 0.6 is 0 Å². The molecule has 2 aromatic rings. The molecule has 1 amide bonds. The van der Waals surface area contributed by atoms with Crippen molar-refractivity contribution in [2.24, 2.45) is 0 Å². The van der Waals surface area contributed by atoms with Gasteiger partial charge in [-0.05, 0) is 56.2 Å². The number of rotatable bonds is 6. The second-order valence-electron chi connectivity index (χ2n) is 7.01. The summed E-state index contributed by atoms with van der Waals surface area (Å²) in [5.41, 5.74) is 2.49. The van der Waals surface area contributed by atoms with Crippen molar-refractivity contribution in [3.05, 3.63) is 53.9 Å². The van der Waals surface area contributed by atoms with Gasteiger partial charge in [0.25, 0.3) is 5.91 Å². The summed E-state index contributed by atoms with van der Waals surface area (Å²) < 4.78 is 4.99. The average Bonchev–Trinajstić information content (AvgIpc) is 2.97. The predicted molar refractivity (Wildman–Crippen MR) is 109 cm³/mol. The molecule has 1 aromatic carbocycles. The monoisotopic (exact) mass is 381 g/mol. The third kappa shape index (κ3) is 5.55. The summed E-state index contributed by atoms with van der Waals surface area (Å²) in [7, 11) is 0. The first-order valence-corrected chi connectivity index (χ1v) is 9.97. The Morgan fingerprint density at radius 1 is 1.04 bits per heavy atom. The number of hydrogen-bond donors (Lipinski definition) is 2. The van der Waals surface area contributed by atoms with E-state index in [1.807, 2.05) is 6.07 Å². The van der Waals surface area contributed by atoms with Crippen LogP contribution in [0.2, 0.25) is 0 Å². The third-order valence-electron chi connectivity index (χ3n) is 4.87. The van der Waals surface area contributed by atoms with E-state index in [0.717, 1.165) is 24.2 Å². The molecule has 0 spiro atoms.